The predicted octanol–water partition coefficient (Wildman–Crippen LogP) is 2.49. The number of nitrogens with two attached hydrogens (primary N) is 1. The van der Waals surface area contributed by atoms with Crippen molar-refractivity contribution in [1.82, 2.24) is 4.98 Å². The first-order chi connectivity index (χ1) is 12.1. The lowest BCUT2D eigenvalue weighted by Crippen LogP contribution is -2.15. The number of hydrogen-bond donors (Lipinski definition) is 3. The summed E-state index contributed by atoms with van der Waals surface area (Å²) in [6, 6.07) is 16.1. The Kier molecular flexibility index (Phi) is 4.81. The van der Waals surface area contributed by atoms with Gasteiger partial charge in [0.05, 0.1) is 24.3 Å². The Morgan fingerprint density at radius 1 is 1.24 bits per heavy atom. The van der Waals surface area contributed by atoms with Crippen LogP contribution >= 0.6 is 0 Å². The minimum atomic E-state index is -0.726. The van der Waals surface area contributed by atoms with Crippen LogP contribution in [0.15, 0.2) is 54.6 Å². The number of nitrogens with zero attached hydrogens (tertiary/aromatic N) is 1. The molecule has 3 aromatic rings. The van der Waals surface area contributed by atoms with Gasteiger partial charge in [-0.3, -0.25) is 4.79 Å². The molecular formula is C19H19N3O3. The quantitative estimate of drug-likeness (QED) is 0.642. The van der Waals surface area contributed by atoms with Gasteiger partial charge >= 0.3 is 0 Å². The Balaban J connectivity index is 1.79. The largest absolute Gasteiger partial charge is 0.497 e. The van der Waals surface area contributed by atoms with E-state index >= 15 is 0 Å². The summed E-state index contributed by atoms with van der Waals surface area (Å²) >= 11 is 0. The van der Waals surface area contributed by atoms with Gasteiger partial charge in [-0.1, -0.05) is 30.3 Å². The number of benzene rings is 2. The van der Waals surface area contributed by atoms with E-state index in [1.54, 1.807) is 43.5 Å². The SMILES string of the molecule is COc1ccc([C@H](O)CNc2cc(C(N)=O)c3ccccc3n2)cc1. The van der Waals surface area contributed by atoms with Crippen LogP contribution in [0.1, 0.15) is 22.0 Å². The molecule has 0 unspecified atom stereocenters. The fourth-order valence-electron chi connectivity index (χ4n) is 2.61. The fraction of sp³-hybridized carbons (Fsp3) is 0.158. The highest BCUT2D eigenvalue weighted by Gasteiger charge is 2.12. The smallest absolute Gasteiger partial charge is 0.249 e. The maximum absolute atomic E-state index is 11.7. The summed E-state index contributed by atoms with van der Waals surface area (Å²) < 4.78 is 5.10. The molecule has 25 heavy (non-hydrogen) atoms. The van der Waals surface area contributed by atoms with Gasteiger partial charge in [0.15, 0.2) is 0 Å². The normalized spacial score (nSPS) is 11.9. The van der Waals surface area contributed by atoms with E-state index in [2.05, 4.69) is 10.3 Å². The number of ether oxygens (including phenoxy) is 1. The number of para-hydroxylation sites is 1. The first-order valence-corrected chi connectivity index (χ1v) is 7.84. The van der Waals surface area contributed by atoms with Gasteiger partial charge in [0.1, 0.15) is 11.6 Å². The number of fused-ring (bicyclic) bond motifs is 1. The molecule has 6 heteroatoms. The van der Waals surface area contributed by atoms with Crippen LogP contribution in [0.25, 0.3) is 10.9 Å². The summed E-state index contributed by atoms with van der Waals surface area (Å²) in [6.07, 6.45) is -0.726. The fourth-order valence-corrected chi connectivity index (χ4v) is 2.61. The molecule has 1 amide bonds. The zero-order chi connectivity index (χ0) is 17.8. The first kappa shape index (κ1) is 16.7. The van der Waals surface area contributed by atoms with Gasteiger partial charge in [0.2, 0.25) is 5.91 Å². The van der Waals surface area contributed by atoms with Crippen molar-refractivity contribution in [2.75, 3.05) is 19.0 Å². The van der Waals surface area contributed by atoms with Crippen molar-refractivity contribution < 1.29 is 14.6 Å². The van der Waals surface area contributed by atoms with Crippen LogP contribution in [0.4, 0.5) is 5.82 Å². The predicted molar refractivity (Wildman–Crippen MR) is 96.7 cm³/mol. The van der Waals surface area contributed by atoms with Crippen LogP contribution < -0.4 is 15.8 Å². The summed E-state index contributed by atoms with van der Waals surface area (Å²) in [5, 5.41) is 14.1. The zero-order valence-electron chi connectivity index (χ0n) is 13.8. The molecule has 0 aliphatic carbocycles. The molecule has 128 valence electrons. The highest BCUT2D eigenvalue weighted by molar-refractivity contribution is 6.06. The molecule has 4 N–H and O–H groups in total. The second kappa shape index (κ2) is 7.19. The third-order valence-electron chi connectivity index (χ3n) is 3.96. The Hall–Kier alpha value is -3.12. The van der Waals surface area contributed by atoms with Gasteiger partial charge in [0.25, 0.3) is 0 Å². The van der Waals surface area contributed by atoms with Crippen molar-refractivity contribution in [3.63, 3.8) is 0 Å². The highest BCUT2D eigenvalue weighted by atomic mass is 16.5. The number of carbonyl (C=O) groups excluding carboxylic acids is 1. The summed E-state index contributed by atoms with van der Waals surface area (Å²) in [4.78, 5) is 16.2. The second-order valence-electron chi connectivity index (χ2n) is 5.61. The molecule has 1 atom stereocenters. The van der Waals surface area contributed by atoms with E-state index in [0.29, 0.717) is 22.3 Å². The summed E-state index contributed by atoms with van der Waals surface area (Å²) in [7, 11) is 1.59. The van der Waals surface area contributed by atoms with E-state index in [-0.39, 0.29) is 6.54 Å². The molecular weight excluding hydrogens is 318 g/mol. The lowest BCUT2D eigenvalue weighted by Gasteiger charge is -2.14. The number of nitrogens with one attached hydrogen (secondary N) is 1. The monoisotopic (exact) mass is 337 g/mol. The van der Waals surface area contributed by atoms with Gasteiger partial charge in [-0.25, -0.2) is 4.98 Å². The maximum Gasteiger partial charge on any atom is 0.249 e. The number of aliphatic hydroxyl groups excluding tert-OH is 1. The molecule has 1 aromatic heterocycles. The van der Waals surface area contributed by atoms with Crippen LogP contribution in [-0.4, -0.2) is 29.7 Å². The third-order valence-corrected chi connectivity index (χ3v) is 3.96. The summed E-state index contributed by atoms with van der Waals surface area (Å²) in [5.41, 5.74) is 7.28. The van der Waals surface area contributed by atoms with Gasteiger partial charge in [0, 0.05) is 11.9 Å². The lowest BCUT2D eigenvalue weighted by atomic mass is 10.1. The highest BCUT2D eigenvalue weighted by Crippen LogP contribution is 2.22. The van der Waals surface area contributed by atoms with E-state index in [1.807, 2.05) is 18.2 Å². The van der Waals surface area contributed by atoms with E-state index < -0.39 is 12.0 Å². The van der Waals surface area contributed by atoms with Crippen LogP contribution in [-0.2, 0) is 0 Å². The number of pyridine rings is 1. The number of rotatable bonds is 6. The number of primary amides is 1. The van der Waals surface area contributed by atoms with E-state index in [0.717, 1.165) is 11.3 Å². The second-order valence-corrected chi connectivity index (χ2v) is 5.61. The first-order valence-electron chi connectivity index (χ1n) is 7.84. The molecule has 0 saturated carbocycles. The lowest BCUT2D eigenvalue weighted by molar-refractivity contribution is 0.100. The molecule has 0 radical (unpaired) electrons. The summed E-state index contributed by atoms with van der Waals surface area (Å²) in [6.45, 7) is 0.246. The Morgan fingerprint density at radius 2 is 1.96 bits per heavy atom. The number of methoxy groups -OCH3 is 1. The van der Waals surface area contributed by atoms with Crippen LogP contribution in [0.2, 0.25) is 0 Å². The van der Waals surface area contributed by atoms with E-state index in [4.69, 9.17) is 10.5 Å². The van der Waals surface area contributed by atoms with Crippen molar-refractivity contribution in [2.45, 2.75) is 6.10 Å². The number of anilines is 1. The van der Waals surface area contributed by atoms with Crippen molar-refractivity contribution in [2.24, 2.45) is 5.73 Å². The number of carbonyl (C=O) groups is 1. The van der Waals surface area contributed by atoms with E-state index in [1.165, 1.54) is 0 Å². The van der Waals surface area contributed by atoms with Gasteiger partial charge < -0.3 is 20.9 Å². The standard InChI is InChI=1S/C19H19N3O3/c1-25-13-8-6-12(7-9-13)17(23)11-21-18-10-15(19(20)24)14-4-2-3-5-16(14)22-18/h2-10,17,23H,11H2,1H3,(H2,20,24)(H,21,22)/t17-/m1/s1. The molecule has 1 heterocycles. The van der Waals surface area contributed by atoms with Crippen LogP contribution in [0, 0.1) is 0 Å². The van der Waals surface area contributed by atoms with Crippen LogP contribution in [0.5, 0.6) is 5.75 Å². The number of amides is 1. The van der Waals surface area contributed by atoms with Crippen LogP contribution in [0.3, 0.4) is 0 Å². The van der Waals surface area contributed by atoms with Crippen molar-refractivity contribution in [3.05, 3.63) is 65.7 Å². The third kappa shape index (κ3) is 3.70. The number of aromatic nitrogens is 1. The maximum atomic E-state index is 11.7. The molecule has 0 bridgehead atoms. The Bertz CT molecular complexity index is 894. The minimum absolute atomic E-state index is 0.246. The number of aliphatic hydroxyl groups is 1. The minimum Gasteiger partial charge on any atom is -0.497 e. The Labute approximate surface area is 145 Å². The molecule has 2 aromatic carbocycles. The Morgan fingerprint density at radius 3 is 2.64 bits per heavy atom. The van der Waals surface area contributed by atoms with Crippen molar-refractivity contribution in [3.8, 4) is 5.75 Å². The van der Waals surface area contributed by atoms with Gasteiger partial charge in [-0.05, 0) is 29.8 Å². The number of hydrogen-bond acceptors (Lipinski definition) is 5. The average molecular weight is 337 g/mol. The average Bonchev–Trinajstić information content (AvgIpc) is 2.65. The van der Waals surface area contributed by atoms with Gasteiger partial charge in [-0.15, -0.1) is 0 Å². The van der Waals surface area contributed by atoms with Gasteiger partial charge in [-0.2, -0.15) is 0 Å². The summed E-state index contributed by atoms with van der Waals surface area (Å²) in [5.74, 6) is 0.698. The molecule has 0 aliphatic rings. The molecule has 3 rings (SSSR count). The molecule has 0 fully saturated rings. The zero-order valence-corrected chi connectivity index (χ0v) is 13.8. The molecule has 6 nitrogen and oxygen atoms in total. The van der Waals surface area contributed by atoms with E-state index in [9.17, 15) is 9.90 Å². The topological polar surface area (TPSA) is 97.5 Å². The molecule has 0 spiro atoms. The molecule has 0 aliphatic heterocycles. The van der Waals surface area contributed by atoms with Crippen molar-refractivity contribution >= 4 is 22.6 Å². The van der Waals surface area contributed by atoms with Crippen molar-refractivity contribution in [1.29, 1.82) is 0 Å². The molecule has 0 saturated heterocycles.